The van der Waals surface area contributed by atoms with Crippen molar-refractivity contribution in [1.82, 2.24) is 15.3 Å². The van der Waals surface area contributed by atoms with Crippen LogP contribution in [-0.4, -0.2) is 29.7 Å². The summed E-state index contributed by atoms with van der Waals surface area (Å²) in [7, 11) is 0. The Morgan fingerprint density at radius 2 is 2.54 bits per heavy atom. The van der Waals surface area contributed by atoms with E-state index in [0.717, 1.165) is 31.2 Å². The van der Waals surface area contributed by atoms with Crippen LogP contribution in [0.5, 0.6) is 0 Å². The SMILES string of the molecule is Cc1ccnc(C2CNCCO2)n1. The predicted molar refractivity (Wildman–Crippen MR) is 48.3 cm³/mol. The number of hydrogen-bond acceptors (Lipinski definition) is 4. The summed E-state index contributed by atoms with van der Waals surface area (Å²) in [6.45, 7) is 4.43. The van der Waals surface area contributed by atoms with Crippen LogP contribution in [0.15, 0.2) is 12.3 Å². The second-order valence-electron chi connectivity index (χ2n) is 3.12. The minimum absolute atomic E-state index is 0.0219. The fraction of sp³-hybridized carbons (Fsp3) is 0.556. The largest absolute Gasteiger partial charge is 0.368 e. The highest BCUT2D eigenvalue weighted by molar-refractivity contribution is 5.02. The zero-order chi connectivity index (χ0) is 9.10. The Labute approximate surface area is 77.4 Å². The highest BCUT2D eigenvalue weighted by Gasteiger charge is 2.17. The molecule has 2 rings (SSSR count). The highest BCUT2D eigenvalue weighted by Crippen LogP contribution is 2.13. The van der Waals surface area contributed by atoms with Crippen LogP contribution in [0.3, 0.4) is 0 Å². The van der Waals surface area contributed by atoms with Crippen molar-refractivity contribution in [3.05, 3.63) is 23.8 Å². The zero-order valence-corrected chi connectivity index (χ0v) is 7.66. The molecule has 1 aliphatic heterocycles. The molecule has 0 saturated carbocycles. The predicted octanol–water partition coefficient (Wildman–Crippen LogP) is 0.446. The third kappa shape index (κ3) is 2.02. The van der Waals surface area contributed by atoms with Gasteiger partial charge in [0.15, 0.2) is 5.82 Å². The van der Waals surface area contributed by atoms with E-state index in [9.17, 15) is 0 Å². The Hall–Kier alpha value is -1.00. The molecule has 1 aromatic heterocycles. The number of nitrogens with one attached hydrogen (secondary N) is 1. The van der Waals surface area contributed by atoms with E-state index in [2.05, 4.69) is 15.3 Å². The molecule has 1 atom stereocenters. The van der Waals surface area contributed by atoms with E-state index in [1.807, 2.05) is 13.0 Å². The van der Waals surface area contributed by atoms with Gasteiger partial charge in [0.1, 0.15) is 6.10 Å². The van der Waals surface area contributed by atoms with Crippen LogP contribution in [0.1, 0.15) is 17.6 Å². The number of rotatable bonds is 1. The minimum Gasteiger partial charge on any atom is -0.368 e. The minimum atomic E-state index is 0.0219. The molecule has 0 spiro atoms. The fourth-order valence-corrected chi connectivity index (χ4v) is 1.35. The van der Waals surface area contributed by atoms with Gasteiger partial charge < -0.3 is 10.1 Å². The summed E-state index contributed by atoms with van der Waals surface area (Å²) in [5.74, 6) is 0.784. The van der Waals surface area contributed by atoms with Gasteiger partial charge in [-0.1, -0.05) is 0 Å². The molecular weight excluding hydrogens is 166 g/mol. The topological polar surface area (TPSA) is 47.0 Å². The summed E-state index contributed by atoms with van der Waals surface area (Å²) in [4.78, 5) is 8.51. The van der Waals surface area contributed by atoms with Gasteiger partial charge in [0, 0.05) is 25.0 Å². The summed E-state index contributed by atoms with van der Waals surface area (Å²) in [5, 5.41) is 3.25. The molecule has 1 aliphatic rings. The van der Waals surface area contributed by atoms with E-state index in [1.165, 1.54) is 0 Å². The van der Waals surface area contributed by atoms with E-state index >= 15 is 0 Å². The summed E-state index contributed by atoms with van der Waals surface area (Å²) in [6, 6.07) is 1.89. The quantitative estimate of drug-likeness (QED) is 0.679. The summed E-state index contributed by atoms with van der Waals surface area (Å²) < 4.78 is 5.53. The molecular formula is C9H13N3O. The normalized spacial score (nSPS) is 23.0. The van der Waals surface area contributed by atoms with Crippen molar-refractivity contribution in [3.8, 4) is 0 Å². The van der Waals surface area contributed by atoms with Gasteiger partial charge in [-0.3, -0.25) is 0 Å². The Morgan fingerprint density at radius 3 is 3.23 bits per heavy atom. The van der Waals surface area contributed by atoms with Crippen LogP contribution >= 0.6 is 0 Å². The Morgan fingerprint density at radius 1 is 1.62 bits per heavy atom. The first-order valence-electron chi connectivity index (χ1n) is 4.48. The van der Waals surface area contributed by atoms with Gasteiger partial charge in [0.2, 0.25) is 0 Å². The molecule has 0 radical (unpaired) electrons. The first-order chi connectivity index (χ1) is 6.36. The summed E-state index contributed by atoms with van der Waals surface area (Å²) >= 11 is 0. The van der Waals surface area contributed by atoms with Gasteiger partial charge in [-0.15, -0.1) is 0 Å². The van der Waals surface area contributed by atoms with Crippen molar-refractivity contribution in [2.75, 3.05) is 19.7 Å². The molecule has 13 heavy (non-hydrogen) atoms. The van der Waals surface area contributed by atoms with E-state index < -0.39 is 0 Å². The third-order valence-corrected chi connectivity index (χ3v) is 2.03. The van der Waals surface area contributed by atoms with Crippen LogP contribution in [0.4, 0.5) is 0 Å². The van der Waals surface area contributed by atoms with Crippen molar-refractivity contribution in [2.24, 2.45) is 0 Å². The maximum atomic E-state index is 5.53. The molecule has 0 bridgehead atoms. The van der Waals surface area contributed by atoms with Gasteiger partial charge in [-0.25, -0.2) is 9.97 Å². The van der Waals surface area contributed by atoms with Crippen LogP contribution in [0.2, 0.25) is 0 Å². The molecule has 0 amide bonds. The maximum absolute atomic E-state index is 5.53. The Balaban J connectivity index is 2.14. The van der Waals surface area contributed by atoms with Gasteiger partial charge in [0.25, 0.3) is 0 Å². The molecule has 0 aliphatic carbocycles. The van der Waals surface area contributed by atoms with E-state index in [1.54, 1.807) is 6.20 Å². The third-order valence-electron chi connectivity index (χ3n) is 2.03. The summed E-state index contributed by atoms with van der Waals surface area (Å²) in [5.41, 5.74) is 0.985. The van der Waals surface area contributed by atoms with Gasteiger partial charge in [-0.2, -0.15) is 0 Å². The lowest BCUT2D eigenvalue weighted by atomic mass is 10.3. The molecule has 70 valence electrons. The van der Waals surface area contributed by atoms with Crippen molar-refractivity contribution in [1.29, 1.82) is 0 Å². The molecule has 2 heterocycles. The number of aryl methyl sites for hydroxylation is 1. The van der Waals surface area contributed by atoms with E-state index in [4.69, 9.17) is 4.74 Å². The lowest BCUT2D eigenvalue weighted by Crippen LogP contribution is -2.34. The van der Waals surface area contributed by atoms with Gasteiger partial charge in [0.05, 0.1) is 6.61 Å². The smallest absolute Gasteiger partial charge is 0.158 e. The zero-order valence-electron chi connectivity index (χ0n) is 7.66. The second kappa shape index (κ2) is 3.81. The molecule has 4 nitrogen and oxygen atoms in total. The molecule has 1 aromatic rings. The number of nitrogens with zero attached hydrogens (tertiary/aromatic N) is 2. The standard InChI is InChI=1S/C9H13N3O/c1-7-2-3-11-9(12-7)8-6-10-4-5-13-8/h2-3,8,10H,4-6H2,1H3. The average molecular weight is 179 g/mol. The van der Waals surface area contributed by atoms with Crippen molar-refractivity contribution in [3.63, 3.8) is 0 Å². The number of aromatic nitrogens is 2. The van der Waals surface area contributed by atoms with E-state index in [-0.39, 0.29) is 6.10 Å². The maximum Gasteiger partial charge on any atom is 0.158 e. The molecule has 1 N–H and O–H groups in total. The van der Waals surface area contributed by atoms with Gasteiger partial charge in [-0.05, 0) is 13.0 Å². The molecule has 0 aromatic carbocycles. The first kappa shape index (κ1) is 8.59. The van der Waals surface area contributed by atoms with Crippen molar-refractivity contribution >= 4 is 0 Å². The Kier molecular flexibility index (Phi) is 2.52. The lowest BCUT2D eigenvalue weighted by molar-refractivity contribution is 0.0220. The number of hydrogen-bond donors (Lipinski definition) is 1. The van der Waals surface area contributed by atoms with Crippen LogP contribution in [0, 0.1) is 6.92 Å². The fourth-order valence-electron chi connectivity index (χ4n) is 1.35. The Bertz CT molecular complexity index is 284. The monoisotopic (exact) mass is 179 g/mol. The van der Waals surface area contributed by atoms with Crippen molar-refractivity contribution in [2.45, 2.75) is 13.0 Å². The van der Waals surface area contributed by atoms with E-state index in [0.29, 0.717) is 0 Å². The molecule has 1 fully saturated rings. The second-order valence-corrected chi connectivity index (χ2v) is 3.12. The van der Waals surface area contributed by atoms with Crippen LogP contribution in [0.25, 0.3) is 0 Å². The molecule has 1 saturated heterocycles. The van der Waals surface area contributed by atoms with Crippen LogP contribution < -0.4 is 5.32 Å². The average Bonchev–Trinajstić information content (AvgIpc) is 2.19. The number of ether oxygens (including phenoxy) is 1. The van der Waals surface area contributed by atoms with Gasteiger partial charge >= 0.3 is 0 Å². The number of morpholine rings is 1. The van der Waals surface area contributed by atoms with Crippen LogP contribution in [-0.2, 0) is 4.74 Å². The lowest BCUT2D eigenvalue weighted by Gasteiger charge is -2.22. The first-order valence-corrected chi connectivity index (χ1v) is 4.48. The molecule has 1 unspecified atom stereocenters. The van der Waals surface area contributed by atoms with Crippen molar-refractivity contribution < 1.29 is 4.74 Å². The molecule has 4 heteroatoms. The summed E-state index contributed by atoms with van der Waals surface area (Å²) in [6.07, 6.45) is 1.80. The highest BCUT2D eigenvalue weighted by atomic mass is 16.5.